The van der Waals surface area contributed by atoms with Crippen LogP contribution < -0.4 is 0 Å². The highest BCUT2D eigenvalue weighted by molar-refractivity contribution is 7.89. The van der Waals surface area contributed by atoms with Crippen molar-refractivity contribution in [2.24, 2.45) is 5.41 Å². The number of hydrogen-bond acceptors (Lipinski definition) is 3. The van der Waals surface area contributed by atoms with Crippen molar-refractivity contribution in [1.29, 1.82) is 0 Å². The fourth-order valence-electron chi connectivity index (χ4n) is 3.41. The number of nitrogens with zero attached hydrogens (tertiary/aromatic N) is 1. The van der Waals surface area contributed by atoms with Crippen molar-refractivity contribution < 1.29 is 13.2 Å². The zero-order valence-corrected chi connectivity index (χ0v) is 15.5. The smallest absolute Gasteiger partial charge is 0.264 e. The molecule has 0 amide bonds. The van der Waals surface area contributed by atoms with Crippen molar-refractivity contribution in [3.05, 3.63) is 77.5 Å². The number of benzene rings is 2. The van der Waals surface area contributed by atoms with Crippen LogP contribution in [0.25, 0.3) is 0 Å². The van der Waals surface area contributed by atoms with Crippen molar-refractivity contribution in [3.8, 4) is 0 Å². The number of allylic oxidation sites excluding steroid dienone is 2. The summed E-state index contributed by atoms with van der Waals surface area (Å²) in [6.07, 6.45) is 4.25. The third-order valence-electron chi connectivity index (χ3n) is 5.18. The largest absolute Gasteiger partial charge is 0.292 e. The Morgan fingerprint density at radius 3 is 2.23 bits per heavy atom. The Labute approximate surface area is 154 Å². The van der Waals surface area contributed by atoms with Crippen LogP contribution in [0.2, 0.25) is 0 Å². The van der Waals surface area contributed by atoms with Crippen LogP contribution in [0.4, 0.5) is 0 Å². The Morgan fingerprint density at radius 1 is 1.00 bits per heavy atom. The summed E-state index contributed by atoms with van der Waals surface area (Å²) in [5.74, 6) is -0.0749. The van der Waals surface area contributed by atoms with E-state index in [1.165, 1.54) is 4.31 Å². The molecule has 0 unspecified atom stereocenters. The van der Waals surface area contributed by atoms with E-state index in [-0.39, 0.29) is 22.6 Å². The Bertz CT molecular complexity index is 972. The van der Waals surface area contributed by atoms with Gasteiger partial charge < -0.3 is 0 Å². The first kappa shape index (κ1) is 17.0. The molecule has 0 radical (unpaired) electrons. The maximum atomic E-state index is 13.3. The molecule has 5 heteroatoms. The highest BCUT2D eigenvalue weighted by Gasteiger charge is 2.50. The normalized spacial score (nSPS) is 18.0. The van der Waals surface area contributed by atoms with Gasteiger partial charge in [0.15, 0.2) is 5.78 Å². The molecule has 2 aromatic rings. The molecular formula is C21H21NO3S. The summed E-state index contributed by atoms with van der Waals surface area (Å²) in [6, 6.07) is 16.2. The van der Waals surface area contributed by atoms with Crippen LogP contribution in [0.3, 0.4) is 0 Å². The Hall–Kier alpha value is -2.40. The summed E-state index contributed by atoms with van der Waals surface area (Å²) in [5.41, 5.74) is 2.08. The van der Waals surface area contributed by atoms with E-state index in [1.54, 1.807) is 24.3 Å². The van der Waals surface area contributed by atoms with Crippen LogP contribution in [-0.4, -0.2) is 18.5 Å². The van der Waals surface area contributed by atoms with Crippen molar-refractivity contribution >= 4 is 15.8 Å². The molecule has 1 spiro atoms. The van der Waals surface area contributed by atoms with Gasteiger partial charge in [0.25, 0.3) is 10.0 Å². The second-order valence-electron chi connectivity index (χ2n) is 7.30. The molecule has 0 aromatic heterocycles. The first-order chi connectivity index (χ1) is 12.4. The highest BCUT2D eigenvalue weighted by Crippen LogP contribution is 2.55. The average Bonchev–Trinajstić information content (AvgIpc) is 3.29. The zero-order chi connectivity index (χ0) is 18.4. The number of carbonyl (C=O) groups is 1. The Balaban J connectivity index is 1.77. The van der Waals surface area contributed by atoms with Crippen molar-refractivity contribution in [2.75, 3.05) is 0 Å². The topological polar surface area (TPSA) is 54.5 Å². The number of aryl methyl sites for hydroxylation is 1. The lowest BCUT2D eigenvalue weighted by molar-refractivity contribution is -0.116. The van der Waals surface area contributed by atoms with Gasteiger partial charge in [0.05, 0.1) is 17.1 Å². The predicted octanol–water partition coefficient (Wildman–Crippen LogP) is 3.82. The van der Waals surface area contributed by atoms with E-state index in [2.05, 4.69) is 0 Å². The SMILES string of the molecule is Cc1ccc(S(=O)(=O)N(Cc2ccccc2)C2=CC3(CC3)CC2=O)cc1. The van der Waals surface area contributed by atoms with Gasteiger partial charge in [-0.25, -0.2) is 8.42 Å². The van der Waals surface area contributed by atoms with Crippen LogP contribution in [0.1, 0.15) is 30.4 Å². The van der Waals surface area contributed by atoms with Crippen LogP contribution in [0, 0.1) is 12.3 Å². The molecule has 0 saturated heterocycles. The molecular weight excluding hydrogens is 346 g/mol. The third kappa shape index (κ3) is 3.07. The molecule has 2 aliphatic carbocycles. The van der Waals surface area contributed by atoms with Crippen LogP contribution in [0.5, 0.6) is 0 Å². The summed E-state index contributed by atoms with van der Waals surface area (Å²) in [4.78, 5) is 12.8. The van der Waals surface area contributed by atoms with Crippen molar-refractivity contribution in [3.63, 3.8) is 0 Å². The molecule has 0 atom stereocenters. The van der Waals surface area contributed by atoms with E-state index in [0.717, 1.165) is 24.0 Å². The lowest BCUT2D eigenvalue weighted by atomic mass is 10.1. The lowest BCUT2D eigenvalue weighted by Crippen LogP contribution is -2.32. The standard InChI is InChI=1S/C21H21NO3S/c1-16-7-9-18(10-8-16)26(24,25)22(15-17-5-3-2-4-6-17)19-13-21(11-12-21)14-20(19)23/h2-10,13H,11-12,14-15H2,1H3. The van der Waals surface area contributed by atoms with Gasteiger partial charge in [-0.1, -0.05) is 48.0 Å². The number of rotatable bonds is 5. The van der Waals surface area contributed by atoms with Gasteiger partial charge in [-0.05, 0) is 49.0 Å². The van der Waals surface area contributed by atoms with Gasteiger partial charge in [-0.3, -0.25) is 9.10 Å². The summed E-state index contributed by atoms with van der Waals surface area (Å²) >= 11 is 0. The van der Waals surface area contributed by atoms with Gasteiger partial charge in [0.2, 0.25) is 0 Å². The number of Topliss-reactive ketones (excluding diaryl/α,β-unsaturated/α-hetero) is 1. The van der Waals surface area contributed by atoms with Crippen LogP contribution in [-0.2, 0) is 21.4 Å². The number of hydrogen-bond donors (Lipinski definition) is 0. The fourth-order valence-corrected chi connectivity index (χ4v) is 4.88. The molecule has 2 aliphatic rings. The molecule has 2 aromatic carbocycles. The maximum absolute atomic E-state index is 13.3. The molecule has 1 fully saturated rings. The third-order valence-corrected chi connectivity index (χ3v) is 6.95. The summed E-state index contributed by atoms with van der Waals surface area (Å²) in [6.45, 7) is 2.07. The van der Waals surface area contributed by atoms with Gasteiger partial charge in [0.1, 0.15) is 0 Å². The van der Waals surface area contributed by atoms with Crippen molar-refractivity contribution in [1.82, 2.24) is 4.31 Å². The molecule has 134 valence electrons. The predicted molar refractivity (Wildman–Crippen MR) is 99.7 cm³/mol. The molecule has 4 rings (SSSR count). The maximum Gasteiger partial charge on any atom is 0.264 e. The molecule has 0 N–H and O–H groups in total. The van der Waals surface area contributed by atoms with Gasteiger partial charge in [-0.2, -0.15) is 0 Å². The number of carbonyl (C=O) groups excluding carboxylic acids is 1. The van der Waals surface area contributed by atoms with Gasteiger partial charge >= 0.3 is 0 Å². The van der Waals surface area contributed by atoms with Gasteiger partial charge in [0, 0.05) is 6.42 Å². The Kier molecular flexibility index (Phi) is 3.99. The van der Waals surface area contributed by atoms with Crippen LogP contribution in [0.15, 0.2) is 71.3 Å². The minimum absolute atomic E-state index is 0.0749. The van der Waals surface area contributed by atoms with E-state index < -0.39 is 10.0 Å². The van der Waals surface area contributed by atoms with E-state index >= 15 is 0 Å². The highest BCUT2D eigenvalue weighted by atomic mass is 32.2. The number of ketones is 1. The van der Waals surface area contributed by atoms with E-state index in [0.29, 0.717) is 12.1 Å². The minimum atomic E-state index is -3.81. The van der Waals surface area contributed by atoms with Gasteiger partial charge in [-0.15, -0.1) is 0 Å². The monoisotopic (exact) mass is 367 g/mol. The first-order valence-electron chi connectivity index (χ1n) is 8.79. The zero-order valence-electron chi connectivity index (χ0n) is 14.7. The molecule has 0 aliphatic heterocycles. The molecule has 1 saturated carbocycles. The molecule has 0 bridgehead atoms. The lowest BCUT2D eigenvalue weighted by Gasteiger charge is -2.25. The summed E-state index contributed by atoms with van der Waals surface area (Å²) in [5, 5.41) is 0. The minimum Gasteiger partial charge on any atom is -0.292 e. The average molecular weight is 367 g/mol. The summed E-state index contributed by atoms with van der Waals surface area (Å²) in [7, 11) is -3.81. The first-order valence-corrected chi connectivity index (χ1v) is 10.2. The summed E-state index contributed by atoms with van der Waals surface area (Å²) < 4.78 is 28.0. The molecule has 0 heterocycles. The molecule has 4 nitrogen and oxygen atoms in total. The molecule has 26 heavy (non-hydrogen) atoms. The van der Waals surface area contributed by atoms with Crippen LogP contribution >= 0.6 is 0 Å². The second-order valence-corrected chi connectivity index (χ2v) is 9.16. The van der Waals surface area contributed by atoms with E-state index in [9.17, 15) is 13.2 Å². The number of sulfonamides is 1. The van der Waals surface area contributed by atoms with E-state index in [4.69, 9.17) is 0 Å². The van der Waals surface area contributed by atoms with E-state index in [1.807, 2.05) is 43.3 Å². The fraction of sp³-hybridized carbons (Fsp3) is 0.286. The Morgan fingerprint density at radius 2 is 1.65 bits per heavy atom. The quantitative estimate of drug-likeness (QED) is 0.807. The van der Waals surface area contributed by atoms with Crippen molar-refractivity contribution in [2.45, 2.75) is 37.6 Å². The second kappa shape index (κ2) is 6.09.